The number of aryl methyl sites for hydroxylation is 1. The molecule has 0 saturated heterocycles. The summed E-state index contributed by atoms with van der Waals surface area (Å²) in [5.74, 6) is 0.0867. The topological polar surface area (TPSA) is 34.4 Å². The molecule has 0 fully saturated rings. The van der Waals surface area contributed by atoms with Gasteiger partial charge in [-0.2, -0.15) is 0 Å². The minimum Gasteiger partial charge on any atom is -0.311 e. The van der Waals surface area contributed by atoms with Gasteiger partial charge in [0.2, 0.25) is 0 Å². The number of Topliss-reactive ketones (excluding diaryl/α,β-unsaturated/α-hetero) is 1. The fraction of sp³-hybridized carbons (Fsp3) is 0.333. The van der Waals surface area contributed by atoms with E-state index in [9.17, 15) is 4.79 Å². The highest BCUT2D eigenvalue weighted by Crippen LogP contribution is 2.14. The van der Waals surface area contributed by atoms with Crippen LogP contribution in [0.15, 0.2) is 24.5 Å². The summed E-state index contributed by atoms with van der Waals surface area (Å²) in [6.45, 7) is 3.71. The molecule has 0 bridgehead atoms. The summed E-state index contributed by atoms with van der Waals surface area (Å²) in [6, 6.07) is 3.83. The van der Waals surface area contributed by atoms with Crippen LogP contribution in [-0.4, -0.2) is 15.2 Å². The van der Waals surface area contributed by atoms with Gasteiger partial charge in [0, 0.05) is 19.3 Å². The van der Waals surface area contributed by atoms with Crippen molar-refractivity contribution in [3.63, 3.8) is 0 Å². The Labute approximate surface area is 88.8 Å². The van der Waals surface area contributed by atoms with Crippen LogP contribution in [0.25, 0.3) is 5.52 Å². The third-order valence-electron chi connectivity index (χ3n) is 2.51. The maximum absolute atomic E-state index is 11.3. The Morgan fingerprint density at radius 2 is 2.27 bits per heavy atom. The molecule has 0 amide bonds. The molecule has 3 nitrogen and oxygen atoms in total. The third kappa shape index (κ3) is 1.65. The van der Waals surface area contributed by atoms with E-state index in [4.69, 9.17) is 0 Å². The molecule has 15 heavy (non-hydrogen) atoms. The Kier molecular flexibility index (Phi) is 2.54. The molecule has 2 aromatic rings. The highest BCUT2D eigenvalue weighted by atomic mass is 16.1. The van der Waals surface area contributed by atoms with Gasteiger partial charge in [0.15, 0.2) is 5.78 Å². The van der Waals surface area contributed by atoms with Gasteiger partial charge in [-0.3, -0.25) is 9.78 Å². The van der Waals surface area contributed by atoms with Gasteiger partial charge in [-0.05, 0) is 18.6 Å². The van der Waals surface area contributed by atoms with Crippen LogP contribution in [-0.2, 0) is 6.42 Å². The number of carbonyl (C=O) groups is 1. The smallest absolute Gasteiger partial charge is 0.176 e. The number of fused-ring (bicyclic) bond motifs is 1. The zero-order chi connectivity index (χ0) is 10.8. The molecule has 2 rings (SSSR count). The van der Waals surface area contributed by atoms with Crippen molar-refractivity contribution in [2.45, 2.75) is 26.7 Å². The highest BCUT2D eigenvalue weighted by Gasteiger charge is 2.08. The molecule has 0 aliphatic carbocycles. The summed E-state index contributed by atoms with van der Waals surface area (Å²) in [4.78, 5) is 15.7. The van der Waals surface area contributed by atoms with E-state index in [2.05, 4.69) is 11.9 Å². The molecule has 78 valence electrons. The van der Waals surface area contributed by atoms with Gasteiger partial charge in [0.05, 0.1) is 16.9 Å². The van der Waals surface area contributed by atoms with Crippen molar-refractivity contribution in [3.05, 3.63) is 35.9 Å². The monoisotopic (exact) mass is 202 g/mol. The van der Waals surface area contributed by atoms with Gasteiger partial charge in [0.25, 0.3) is 0 Å². The van der Waals surface area contributed by atoms with Crippen LogP contribution < -0.4 is 0 Å². The van der Waals surface area contributed by atoms with Gasteiger partial charge in [0.1, 0.15) is 0 Å². The van der Waals surface area contributed by atoms with Crippen molar-refractivity contribution in [1.29, 1.82) is 0 Å². The summed E-state index contributed by atoms with van der Waals surface area (Å²) in [5, 5.41) is 0. The zero-order valence-electron chi connectivity index (χ0n) is 9.03. The van der Waals surface area contributed by atoms with Crippen molar-refractivity contribution in [2.75, 3.05) is 0 Å². The van der Waals surface area contributed by atoms with Gasteiger partial charge < -0.3 is 4.40 Å². The molecule has 0 spiro atoms. The number of aromatic nitrogens is 2. The molecule has 2 heterocycles. The predicted molar refractivity (Wildman–Crippen MR) is 59.2 cm³/mol. The van der Waals surface area contributed by atoms with Crippen molar-refractivity contribution in [1.82, 2.24) is 9.38 Å². The Morgan fingerprint density at radius 3 is 2.93 bits per heavy atom. The largest absolute Gasteiger partial charge is 0.311 e. The van der Waals surface area contributed by atoms with Crippen LogP contribution >= 0.6 is 0 Å². The highest BCUT2D eigenvalue weighted by molar-refractivity contribution is 5.93. The van der Waals surface area contributed by atoms with Crippen molar-refractivity contribution in [3.8, 4) is 0 Å². The Bertz CT molecular complexity index is 499. The first-order valence-corrected chi connectivity index (χ1v) is 5.20. The molecule has 2 aromatic heterocycles. The number of nitrogens with zero attached hydrogens (tertiary/aromatic N) is 2. The molecule has 0 saturated carbocycles. The van der Waals surface area contributed by atoms with Crippen LogP contribution in [0.5, 0.6) is 0 Å². The normalized spacial score (nSPS) is 10.8. The summed E-state index contributed by atoms with van der Waals surface area (Å²) in [6.07, 6.45) is 5.61. The van der Waals surface area contributed by atoms with E-state index in [-0.39, 0.29) is 5.78 Å². The SMILES string of the molecule is CCCc1nccn2c(C(C)=O)ccc12. The number of hydrogen-bond acceptors (Lipinski definition) is 2. The van der Waals surface area contributed by atoms with Crippen molar-refractivity contribution < 1.29 is 4.79 Å². The summed E-state index contributed by atoms with van der Waals surface area (Å²) in [7, 11) is 0. The molecule has 0 N–H and O–H groups in total. The standard InChI is InChI=1S/C12H14N2O/c1-3-4-10-12-6-5-11(9(2)15)14(12)8-7-13-10/h5-8H,3-4H2,1-2H3. The first-order chi connectivity index (χ1) is 7.24. The predicted octanol–water partition coefficient (Wildman–Crippen LogP) is 2.49. The molecule has 0 radical (unpaired) electrons. The summed E-state index contributed by atoms with van der Waals surface area (Å²) >= 11 is 0. The fourth-order valence-electron chi connectivity index (χ4n) is 1.82. The lowest BCUT2D eigenvalue weighted by Crippen LogP contribution is -2.01. The van der Waals surface area contributed by atoms with Crippen LogP contribution in [0.3, 0.4) is 0 Å². The Balaban J connectivity index is 2.63. The van der Waals surface area contributed by atoms with E-state index in [1.54, 1.807) is 13.1 Å². The molecular weight excluding hydrogens is 188 g/mol. The van der Waals surface area contributed by atoms with Gasteiger partial charge in [-0.1, -0.05) is 13.3 Å². The lowest BCUT2D eigenvalue weighted by molar-refractivity contribution is 0.101. The summed E-state index contributed by atoms with van der Waals surface area (Å²) < 4.78 is 1.92. The second-order valence-corrected chi connectivity index (χ2v) is 3.65. The van der Waals surface area contributed by atoms with Crippen molar-refractivity contribution >= 4 is 11.3 Å². The molecular formula is C12H14N2O. The first kappa shape index (κ1) is 9.90. The minimum atomic E-state index is 0.0867. The van der Waals surface area contributed by atoms with Gasteiger partial charge >= 0.3 is 0 Å². The molecule has 0 aromatic carbocycles. The molecule has 3 heteroatoms. The lowest BCUT2D eigenvalue weighted by atomic mass is 10.2. The maximum atomic E-state index is 11.3. The lowest BCUT2D eigenvalue weighted by Gasteiger charge is -2.03. The minimum absolute atomic E-state index is 0.0867. The Morgan fingerprint density at radius 1 is 1.47 bits per heavy atom. The second kappa shape index (κ2) is 3.85. The van der Waals surface area contributed by atoms with E-state index in [0.29, 0.717) is 0 Å². The number of hydrogen-bond donors (Lipinski definition) is 0. The molecule has 0 unspecified atom stereocenters. The number of ketones is 1. The molecule has 0 aliphatic heterocycles. The second-order valence-electron chi connectivity index (χ2n) is 3.65. The van der Waals surface area contributed by atoms with Crippen LogP contribution in [0.2, 0.25) is 0 Å². The summed E-state index contributed by atoms with van der Waals surface area (Å²) in [5.41, 5.74) is 2.84. The zero-order valence-corrected chi connectivity index (χ0v) is 9.03. The molecule has 0 aliphatic rings. The van der Waals surface area contributed by atoms with Crippen LogP contribution in [0, 0.1) is 0 Å². The third-order valence-corrected chi connectivity index (χ3v) is 2.51. The van der Waals surface area contributed by atoms with Gasteiger partial charge in [-0.25, -0.2) is 0 Å². The van der Waals surface area contributed by atoms with Crippen LogP contribution in [0.4, 0.5) is 0 Å². The quantitative estimate of drug-likeness (QED) is 0.716. The number of carbonyl (C=O) groups excluding carboxylic acids is 1. The average Bonchev–Trinajstić information content (AvgIpc) is 2.62. The van der Waals surface area contributed by atoms with E-state index in [0.717, 1.165) is 29.7 Å². The fourth-order valence-corrected chi connectivity index (χ4v) is 1.82. The van der Waals surface area contributed by atoms with Gasteiger partial charge in [-0.15, -0.1) is 0 Å². The van der Waals surface area contributed by atoms with E-state index >= 15 is 0 Å². The van der Waals surface area contributed by atoms with Crippen molar-refractivity contribution in [2.24, 2.45) is 0 Å². The first-order valence-electron chi connectivity index (χ1n) is 5.20. The Hall–Kier alpha value is -1.64. The maximum Gasteiger partial charge on any atom is 0.176 e. The molecule has 0 atom stereocenters. The van der Waals surface area contributed by atoms with E-state index < -0.39 is 0 Å². The van der Waals surface area contributed by atoms with Crippen LogP contribution in [0.1, 0.15) is 36.5 Å². The van der Waals surface area contributed by atoms with E-state index in [1.165, 1.54) is 0 Å². The number of rotatable bonds is 3. The average molecular weight is 202 g/mol. The van der Waals surface area contributed by atoms with E-state index in [1.807, 2.05) is 22.7 Å².